The van der Waals surface area contributed by atoms with E-state index in [4.69, 9.17) is 9.05 Å². The number of nitrogens with one attached hydrogen (secondary N) is 1. The van der Waals surface area contributed by atoms with E-state index in [0.29, 0.717) is 23.9 Å². The van der Waals surface area contributed by atoms with Gasteiger partial charge in [0.25, 0.3) is 0 Å². The van der Waals surface area contributed by atoms with Crippen molar-refractivity contribution < 1.29 is 32.9 Å². The van der Waals surface area contributed by atoms with Crippen LogP contribution in [0.2, 0.25) is 0 Å². The van der Waals surface area contributed by atoms with Crippen molar-refractivity contribution in [1.29, 1.82) is 0 Å². The van der Waals surface area contributed by atoms with Gasteiger partial charge in [0.2, 0.25) is 5.91 Å². The van der Waals surface area contributed by atoms with Crippen LogP contribution in [0.25, 0.3) is 0 Å². The monoisotopic (exact) mass is 1100 g/mol. The van der Waals surface area contributed by atoms with Crippen LogP contribution < -0.4 is 5.32 Å². The van der Waals surface area contributed by atoms with Gasteiger partial charge >= 0.3 is 7.82 Å². The third kappa shape index (κ3) is 60.0. The second-order valence-corrected chi connectivity index (χ2v) is 23.2. The molecule has 0 aromatic heterocycles. The fraction of sp³-hybridized carbons (Fsp3) is 0.638. The number of phosphoric acid groups is 1. The molecule has 0 fully saturated rings. The van der Waals surface area contributed by atoms with E-state index in [1.807, 2.05) is 27.2 Å². The summed E-state index contributed by atoms with van der Waals surface area (Å²) in [4.78, 5) is 23.3. The number of amides is 1. The number of unbranched alkanes of at least 4 members (excludes halogenated alkanes) is 20. The van der Waals surface area contributed by atoms with Crippen molar-refractivity contribution in [3.63, 3.8) is 0 Å². The molecule has 0 aromatic carbocycles. The fourth-order valence-electron chi connectivity index (χ4n) is 8.22. The first-order valence-corrected chi connectivity index (χ1v) is 32.7. The van der Waals surface area contributed by atoms with Crippen molar-refractivity contribution in [3.8, 4) is 0 Å². The number of quaternary nitrogens is 1. The number of phosphoric ester groups is 1. The molecule has 0 aliphatic carbocycles. The highest BCUT2D eigenvalue weighted by Crippen LogP contribution is 2.43. The number of rotatable bonds is 55. The van der Waals surface area contributed by atoms with Crippen molar-refractivity contribution in [3.05, 3.63) is 146 Å². The molecule has 3 N–H and O–H groups in total. The molecule has 0 heterocycles. The summed E-state index contributed by atoms with van der Waals surface area (Å²) in [5.74, 6) is -0.214. The van der Waals surface area contributed by atoms with Gasteiger partial charge in [0.1, 0.15) is 13.2 Å². The highest BCUT2D eigenvalue weighted by Gasteiger charge is 2.27. The Bertz CT molecular complexity index is 1780. The first-order valence-electron chi connectivity index (χ1n) is 31.2. The topological polar surface area (TPSA) is 105 Å². The Kier molecular flexibility index (Phi) is 55.4. The van der Waals surface area contributed by atoms with Gasteiger partial charge in [0.15, 0.2) is 0 Å². The molecule has 0 radical (unpaired) electrons. The van der Waals surface area contributed by atoms with Crippen LogP contribution in [0.15, 0.2) is 146 Å². The van der Waals surface area contributed by atoms with Crippen molar-refractivity contribution >= 4 is 13.7 Å². The Morgan fingerprint density at radius 3 is 1.13 bits per heavy atom. The lowest BCUT2D eigenvalue weighted by atomic mass is 10.0. The Morgan fingerprint density at radius 2 is 0.769 bits per heavy atom. The van der Waals surface area contributed by atoms with Crippen molar-refractivity contribution in [2.24, 2.45) is 0 Å². The Labute approximate surface area is 480 Å². The predicted octanol–water partition coefficient (Wildman–Crippen LogP) is 19.6. The first-order chi connectivity index (χ1) is 38.0. The molecule has 0 saturated heterocycles. The summed E-state index contributed by atoms with van der Waals surface area (Å²) < 4.78 is 23.7. The summed E-state index contributed by atoms with van der Waals surface area (Å²) in [5.41, 5.74) is 0. The van der Waals surface area contributed by atoms with Gasteiger partial charge in [0, 0.05) is 6.42 Å². The quantitative estimate of drug-likeness (QED) is 0.0243. The zero-order valence-corrected chi connectivity index (χ0v) is 51.5. The molecule has 0 aliphatic heterocycles. The van der Waals surface area contributed by atoms with Crippen LogP contribution in [0.4, 0.5) is 0 Å². The van der Waals surface area contributed by atoms with Crippen LogP contribution in [0.1, 0.15) is 232 Å². The second kappa shape index (κ2) is 58.0. The number of carbonyl (C=O) groups excluding carboxylic acids is 1. The van der Waals surface area contributed by atoms with Gasteiger partial charge in [-0.3, -0.25) is 13.8 Å². The van der Waals surface area contributed by atoms with Gasteiger partial charge < -0.3 is 19.8 Å². The molecule has 0 bridgehead atoms. The molecular weight excluding hydrogens is 984 g/mol. The van der Waals surface area contributed by atoms with Crippen LogP contribution in [-0.4, -0.2) is 73.4 Å². The normalized spacial score (nSPS) is 14.8. The SMILES string of the molecule is CC/C=C\C/C=C\C/C=C\C/C=C\C/C=C\C/C=C\C/C=C\C/C=C\C/C=C\C/C=C\C/C=C\CCCCCC(=O)NC(COP(=O)(O)OCC[N+](C)(C)C)C(O)/C=C/CCCCCCCCCCCCCCCCCCC. The summed E-state index contributed by atoms with van der Waals surface area (Å²) in [6, 6.07) is -0.876. The summed E-state index contributed by atoms with van der Waals surface area (Å²) in [5, 5.41) is 13.9. The van der Waals surface area contributed by atoms with E-state index in [9.17, 15) is 19.4 Å². The highest BCUT2D eigenvalue weighted by molar-refractivity contribution is 7.47. The zero-order chi connectivity index (χ0) is 57.0. The van der Waals surface area contributed by atoms with Gasteiger partial charge in [-0.05, 0) is 103 Å². The second-order valence-electron chi connectivity index (χ2n) is 21.7. The maximum Gasteiger partial charge on any atom is 0.472 e. The van der Waals surface area contributed by atoms with E-state index in [1.54, 1.807) is 6.08 Å². The molecule has 0 aromatic rings. The van der Waals surface area contributed by atoms with E-state index < -0.39 is 20.0 Å². The highest BCUT2D eigenvalue weighted by atomic mass is 31.2. The van der Waals surface area contributed by atoms with E-state index in [1.165, 1.54) is 96.3 Å². The standard InChI is InChI=1S/C69H117N2O6P/c1-6-8-10-12-14-16-18-20-22-24-26-27-28-29-30-31-32-33-34-35-36-37-38-39-40-41-42-43-45-47-49-51-53-55-57-59-61-63-69(73)70-67(66-77-78(74,75)76-65-64-71(3,4)5)68(72)62-60-58-56-54-52-50-48-46-44-25-23-21-19-17-15-13-11-9-7-2/h8,10,14,16,20,22,26-27,29-30,32-33,35-36,38-39,41-42,45,47,51,53,60,62,67-68,72H,6-7,9,11-13,15,17-19,21,23-25,28,31,34,37,40,43-44,46,48-50,52,54-59,61,63-66H2,1-5H3,(H-,70,73,74,75)/p+1/b10-8-,16-14-,22-20-,27-26-,30-29-,33-32-,36-35-,39-38-,42-41-,47-45-,53-51-,62-60+. The number of nitrogens with zero attached hydrogens (tertiary/aromatic N) is 1. The Balaban J connectivity index is 4.28. The molecule has 0 spiro atoms. The van der Waals surface area contributed by atoms with Crippen LogP contribution in [0.5, 0.6) is 0 Å². The Morgan fingerprint density at radius 1 is 0.449 bits per heavy atom. The van der Waals surface area contributed by atoms with E-state index in [0.717, 1.165) is 109 Å². The predicted molar refractivity (Wildman–Crippen MR) is 341 cm³/mol. The molecule has 78 heavy (non-hydrogen) atoms. The van der Waals surface area contributed by atoms with Gasteiger partial charge in [-0.2, -0.15) is 0 Å². The molecule has 0 rings (SSSR count). The van der Waals surface area contributed by atoms with Gasteiger partial charge in [-0.1, -0.05) is 269 Å². The number of aliphatic hydroxyl groups is 1. The number of hydrogen-bond acceptors (Lipinski definition) is 5. The zero-order valence-electron chi connectivity index (χ0n) is 50.6. The number of carbonyl (C=O) groups is 1. The average Bonchev–Trinajstić information content (AvgIpc) is 3.41. The minimum atomic E-state index is -4.37. The maximum absolute atomic E-state index is 13.0. The molecule has 444 valence electrons. The molecule has 0 saturated carbocycles. The molecule has 0 aliphatic rings. The van der Waals surface area contributed by atoms with Crippen molar-refractivity contribution in [2.45, 2.75) is 244 Å². The fourth-order valence-corrected chi connectivity index (χ4v) is 8.96. The van der Waals surface area contributed by atoms with Gasteiger partial charge in [0.05, 0.1) is 39.9 Å². The summed E-state index contributed by atoms with van der Waals surface area (Å²) in [6.45, 7) is 4.67. The third-order valence-electron chi connectivity index (χ3n) is 13.1. The lowest BCUT2D eigenvalue weighted by Crippen LogP contribution is -2.45. The lowest BCUT2D eigenvalue weighted by molar-refractivity contribution is -0.870. The number of allylic oxidation sites excluding steroid dienone is 23. The van der Waals surface area contributed by atoms with Crippen LogP contribution in [-0.2, 0) is 18.4 Å². The van der Waals surface area contributed by atoms with Crippen LogP contribution in [0, 0.1) is 0 Å². The number of hydrogen-bond donors (Lipinski definition) is 3. The van der Waals surface area contributed by atoms with E-state index in [2.05, 4.69) is 153 Å². The average molecular weight is 1100 g/mol. The van der Waals surface area contributed by atoms with Crippen LogP contribution in [0.3, 0.4) is 0 Å². The molecule has 8 nitrogen and oxygen atoms in total. The molecule has 1 amide bonds. The van der Waals surface area contributed by atoms with Crippen molar-refractivity contribution in [1.82, 2.24) is 5.32 Å². The minimum Gasteiger partial charge on any atom is -0.387 e. The van der Waals surface area contributed by atoms with Gasteiger partial charge in [-0.25, -0.2) is 4.57 Å². The Hall–Kier alpha value is -3.62. The third-order valence-corrected chi connectivity index (χ3v) is 14.0. The smallest absolute Gasteiger partial charge is 0.387 e. The summed E-state index contributed by atoms with van der Waals surface area (Å²) >= 11 is 0. The largest absolute Gasteiger partial charge is 0.472 e. The van der Waals surface area contributed by atoms with E-state index in [-0.39, 0.29) is 19.1 Å². The molecule has 3 atom stereocenters. The maximum atomic E-state index is 13.0. The van der Waals surface area contributed by atoms with Gasteiger partial charge in [-0.15, -0.1) is 0 Å². The number of likely N-dealkylation sites (N-methyl/N-ethyl adjacent to an activating group) is 1. The van der Waals surface area contributed by atoms with Crippen LogP contribution >= 0.6 is 7.82 Å². The molecule has 9 heteroatoms. The molecular formula is C69H118N2O6P+. The first kappa shape index (κ1) is 74.4. The minimum absolute atomic E-state index is 0.0470. The van der Waals surface area contributed by atoms with Crippen molar-refractivity contribution in [2.75, 3.05) is 40.9 Å². The summed E-state index contributed by atoms with van der Waals surface area (Å²) in [7, 11) is 1.53. The van der Waals surface area contributed by atoms with E-state index >= 15 is 0 Å². The number of aliphatic hydroxyl groups excluding tert-OH is 1. The lowest BCUT2D eigenvalue weighted by Gasteiger charge is -2.25. The molecule has 3 unspecified atom stereocenters. The summed E-state index contributed by atoms with van der Waals surface area (Å²) in [6.07, 6.45) is 89.6.